The van der Waals surface area contributed by atoms with Gasteiger partial charge in [-0.15, -0.1) is 0 Å². The number of carbonyl (C=O) groups is 2. The summed E-state index contributed by atoms with van der Waals surface area (Å²) in [5.41, 5.74) is 3.52. The quantitative estimate of drug-likeness (QED) is 0.881. The van der Waals surface area contributed by atoms with Gasteiger partial charge < -0.3 is 15.1 Å². The number of benzene rings is 1. The Kier molecular flexibility index (Phi) is 5.25. The van der Waals surface area contributed by atoms with Crippen LogP contribution < -0.4 is 10.2 Å². The molecule has 0 unspecified atom stereocenters. The molecule has 0 saturated carbocycles. The van der Waals surface area contributed by atoms with Gasteiger partial charge in [0.1, 0.15) is 0 Å². The summed E-state index contributed by atoms with van der Waals surface area (Å²) in [5, 5.41) is 2.92. The molecule has 0 atom stereocenters. The van der Waals surface area contributed by atoms with E-state index in [0.29, 0.717) is 37.3 Å². The van der Waals surface area contributed by atoms with Crippen molar-refractivity contribution in [2.24, 2.45) is 0 Å². The lowest BCUT2D eigenvalue weighted by molar-refractivity contribution is -0.115. The van der Waals surface area contributed by atoms with Gasteiger partial charge in [0.2, 0.25) is 5.91 Å². The molecular weight excluding hydrogens is 354 g/mol. The predicted octanol–water partition coefficient (Wildman–Crippen LogP) is 1.82. The summed E-state index contributed by atoms with van der Waals surface area (Å²) in [4.78, 5) is 35.2. The van der Waals surface area contributed by atoms with Crippen LogP contribution in [-0.2, 0) is 11.3 Å². The topological polar surface area (TPSA) is 68.8 Å². The summed E-state index contributed by atoms with van der Waals surface area (Å²) in [6.45, 7) is 4.64. The number of pyridine rings is 1. The van der Waals surface area contributed by atoms with Crippen molar-refractivity contribution < 1.29 is 9.59 Å². The van der Waals surface area contributed by atoms with Crippen LogP contribution in [0.2, 0.25) is 0 Å². The molecule has 28 heavy (non-hydrogen) atoms. The molecule has 1 fully saturated rings. The minimum atomic E-state index is -0.0140. The maximum absolute atomic E-state index is 13.0. The maximum Gasteiger partial charge on any atom is 0.254 e. The van der Waals surface area contributed by atoms with Crippen molar-refractivity contribution in [2.45, 2.75) is 13.0 Å². The third-order valence-electron chi connectivity index (χ3n) is 5.42. The summed E-state index contributed by atoms with van der Waals surface area (Å²) in [6.07, 6.45) is 4.07. The zero-order valence-electron chi connectivity index (χ0n) is 16.1. The average molecular weight is 379 g/mol. The van der Waals surface area contributed by atoms with Crippen LogP contribution in [0.5, 0.6) is 0 Å². The van der Waals surface area contributed by atoms with Crippen LogP contribution in [0.4, 0.5) is 11.4 Å². The highest BCUT2D eigenvalue weighted by Crippen LogP contribution is 2.29. The Morgan fingerprint density at radius 3 is 2.57 bits per heavy atom. The second-order valence-electron chi connectivity index (χ2n) is 7.38. The Morgan fingerprint density at radius 2 is 1.82 bits per heavy atom. The van der Waals surface area contributed by atoms with Gasteiger partial charge in [-0.05, 0) is 35.9 Å². The van der Waals surface area contributed by atoms with E-state index in [4.69, 9.17) is 0 Å². The number of amides is 2. The molecule has 2 aliphatic heterocycles. The van der Waals surface area contributed by atoms with Gasteiger partial charge in [-0.25, -0.2) is 0 Å². The molecular formula is C21H25N5O2. The van der Waals surface area contributed by atoms with Crippen molar-refractivity contribution in [1.82, 2.24) is 14.8 Å². The number of carbonyl (C=O) groups excluding carboxylic acids is 2. The molecule has 1 saturated heterocycles. The summed E-state index contributed by atoms with van der Waals surface area (Å²) in [7, 11) is 1.96. The summed E-state index contributed by atoms with van der Waals surface area (Å²) in [5.74, 6) is 0.00688. The van der Waals surface area contributed by atoms with Crippen molar-refractivity contribution >= 4 is 23.2 Å². The number of fused-ring (bicyclic) bond motifs is 1. The minimum absolute atomic E-state index is 0.0140. The Bertz CT molecular complexity index is 862. The van der Waals surface area contributed by atoms with Gasteiger partial charge in [-0.1, -0.05) is 0 Å². The normalized spacial score (nSPS) is 17.7. The van der Waals surface area contributed by atoms with Gasteiger partial charge in [-0.2, -0.15) is 0 Å². The van der Waals surface area contributed by atoms with E-state index >= 15 is 0 Å². The Labute approximate surface area is 164 Å². The SMILES string of the molecule is CN1CCC(=O)Nc2cc(C(=O)N3CCN(Cc4ccncc4)CC3)ccc21. The number of anilines is 2. The molecule has 146 valence electrons. The first-order chi connectivity index (χ1) is 13.6. The van der Waals surface area contributed by atoms with Crippen LogP contribution in [0.1, 0.15) is 22.3 Å². The number of rotatable bonds is 3. The van der Waals surface area contributed by atoms with Crippen molar-refractivity contribution in [3.05, 3.63) is 53.9 Å². The highest BCUT2D eigenvalue weighted by molar-refractivity contribution is 6.00. The zero-order chi connectivity index (χ0) is 19.5. The molecule has 1 aromatic carbocycles. The second kappa shape index (κ2) is 7.98. The van der Waals surface area contributed by atoms with Gasteiger partial charge >= 0.3 is 0 Å². The summed E-state index contributed by atoms with van der Waals surface area (Å²) >= 11 is 0. The van der Waals surface area contributed by atoms with E-state index in [1.54, 1.807) is 6.07 Å². The molecule has 7 heteroatoms. The van der Waals surface area contributed by atoms with E-state index in [1.807, 2.05) is 53.5 Å². The van der Waals surface area contributed by atoms with Crippen LogP contribution >= 0.6 is 0 Å². The fourth-order valence-electron chi connectivity index (χ4n) is 3.74. The molecule has 0 aliphatic carbocycles. The van der Waals surface area contributed by atoms with Crippen LogP contribution in [0, 0.1) is 0 Å². The Hall–Kier alpha value is -2.93. The van der Waals surface area contributed by atoms with E-state index in [0.717, 1.165) is 25.3 Å². The third-order valence-corrected chi connectivity index (χ3v) is 5.42. The van der Waals surface area contributed by atoms with E-state index in [9.17, 15) is 9.59 Å². The van der Waals surface area contributed by atoms with Gasteiger partial charge in [0.05, 0.1) is 11.4 Å². The zero-order valence-corrected chi connectivity index (χ0v) is 16.1. The van der Waals surface area contributed by atoms with Crippen LogP contribution in [0.25, 0.3) is 0 Å². The second-order valence-corrected chi connectivity index (χ2v) is 7.38. The van der Waals surface area contributed by atoms with Crippen LogP contribution in [0.3, 0.4) is 0 Å². The monoisotopic (exact) mass is 379 g/mol. The van der Waals surface area contributed by atoms with Crippen molar-refractivity contribution in [1.29, 1.82) is 0 Å². The molecule has 0 bridgehead atoms. The Balaban J connectivity index is 1.41. The van der Waals surface area contributed by atoms with Crippen molar-refractivity contribution in [2.75, 3.05) is 50.0 Å². The van der Waals surface area contributed by atoms with E-state index < -0.39 is 0 Å². The minimum Gasteiger partial charge on any atom is -0.372 e. The third kappa shape index (κ3) is 3.99. The summed E-state index contributed by atoms with van der Waals surface area (Å²) in [6, 6.07) is 9.64. The molecule has 0 radical (unpaired) electrons. The molecule has 1 aromatic heterocycles. The number of aromatic nitrogens is 1. The fourth-order valence-corrected chi connectivity index (χ4v) is 3.74. The average Bonchev–Trinajstić information content (AvgIpc) is 2.86. The fraction of sp³-hybridized carbons (Fsp3) is 0.381. The smallest absolute Gasteiger partial charge is 0.254 e. The molecule has 1 N–H and O–H groups in total. The molecule has 2 amide bonds. The largest absolute Gasteiger partial charge is 0.372 e. The molecule has 3 heterocycles. The highest BCUT2D eigenvalue weighted by atomic mass is 16.2. The standard InChI is InChI=1S/C21H25N5O2/c1-24-9-6-20(27)23-18-14-17(2-3-19(18)24)21(28)26-12-10-25(11-13-26)15-16-4-7-22-8-5-16/h2-5,7-8,14H,6,9-13,15H2,1H3,(H,23,27). The maximum atomic E-state index is 13.0. The number of hydrogen-bond acceptors (Lipinski definition) is 5. The first-order valence-electron chi connectivity index (χ1n) is 9.66. The highest BCUT2D eigenvalue weighted by Gasteiger charge is 2.24. The van der Waals surface area contributed by atoms with Gasteiger partial charge in [0, 0.05) is 70.7 Å². The van der Waals surface area contributed by atoms with Crippen molar-refractivity contribution in [3.63, 3.8) is 0 Å². The van der Waals surface area contributed by atoms with Gasteiger partial charge in [0.15, 0.2) is 0 Å². The van der Waals surface area contributed by atoms with E-state index in [2.05, 4.69) is 15.2 Å². The van der Waals surface area contributed by atoms with Crippen molar-refractivity contribution in [3.8, 4) is 0 Å². The Morgan fingerprint density at radius 1 is 1.07 bits per heavy atom. The molecule has 4 rings (SSSR count). The van der Waals surface area contributed by atoms with E-state index in [-0.39, 0.29) is 11.8 Å². The predicted molar refractivity (Wildman–Crippen MR) is 108 cm³/mol. The number of piperazine rings is 1. The molecule has 2 aliphatic rings. The van der Waals surface area contributed by atoms with Crippen LogP contribution in [-0.4, -0.2) is 66.4 Å². The molecule has 7 nitrogen and oxygen atoms in total. The summed E-state index contributed by atoms with van der Waals surface area (Å²) < 4.78 is 0. The van der Waals surface area contributed by atoms with Crippen LogP contribution in [0.15, 0.2) is 42.7 Å². The lowest BCUT2D eigenvalue weighted by atomic mass is 10.1. The first kappa shape index (κ1) is 18.4. The lowest BCUT2D eigenvalue weighted by Crippen LogP contribution is -2.48. The number of hydrogen-bond donors (Lipinski definition) is 1. The van der Waals surface area contributed by atoms with Gasteiger partial charge in [0.25, 0.3) is 5.91 Å². The number of nitrogens with zero attached hydrogens (tertiary/aromatic N) is 4. The lowest BCUT2D eigenvalue weighted by Gasteiger charge is -2.35. The van der Waals surface area contributed by atoms with E-state index in [1.165, 1.54) is 5.56 Å². The number of nitrogens with one attached hydrogen (secondary N) is 1. The molecule has 0 spiro atoms. The molecule has 2 aromatic rings. The first-order valence-corrected chi connectivity index (χ1v) is 9.66. The van der Waals surface area contributed by atoms with Gasteiger partial charge in [-0.3, -0.25) is 19.5 Å².